The average Bonchev–Trinajstić information content (AvgIpc) is 2.46. The first-order valence-electron chi connectivity index (χ1n) is 6.35. The average molecular weight is 328 g/mol. The van der Waals surface area contributed by atoms with Gasteiger partial charge in [0.05, 0.1) is 6.54 Å². The van der Waals surface area contributed by atoms with Gasteiger partial charge in [0, 0.05) is 18.5 Å². The van der Waals surface area contributed by atoms with E-state index in [4.69, 9.17) is 4.74 Å². The van der Waals surface area contributed by atoms with Crippen molar-refractivity contribution in [3.8, 4) is 5.75 Å². The summed E-state index contributed by atoms with van der Waals surface area (Å²) in [4.78, 5) is 4.05. The minimum atomic E-state index is -3.39. The summed E-state index contributed by atoms with van der Waals surface area (Å²) in [7, 11) is -3.39. The van der Waals surface area contributed by atoms with Crippen molar-refractivity contribution in [3.05, 3.63) is 48.2 Å². The molecule has 1 heterocycles. The van der Waals surface area contributed by atoms with Crippen LogP contribution >= 0.6 is 0 Å². The second-order valence-electron chi connectivity index (χ2n) is 4.47. The van der Waals surface area contributed by atoms with E-state index in [-0.39, 0.29) is 29.6 Å². The summed E-state index contributed by atoms with van der Waals surface area (Å²) in [6, 6.07) is 6.19. The molecule has 0 radical (unpaired) electrons. The first-order valence-corrected chi connectivity index (χ1v) is 8.24. The Hall–Kier alpha value is -2.22. The van der Waals surface area contributed by atoms with Crippen LogP contribution in [0.4, 0.5) is 14.6 Å². The van der Waals surface area contributed by atoms with Crippen LogP contribution in [-0.4, -0.2) is 32.8 Å². The van der Waals surface area contributed by atoms with E-state index in [2.05, 4.69) is 10.3 Å². The van der Waals surface area contributed by atoms with E-state index in [0.29, 0.717) is 0 Å². The Kier molecular flexibility index (Phi) is 4.92. The SMILES string of the molecule is CS(=O)(=O)c1cccnc1NCCOc1ccc(F)c(F)c1. The smallest absolute Gasteiger partial charge is 0.179 e. The first kappa shape index (κ1) is 16.2. The Morgan fingerprint density at radius 3 is 2.68 bits per heavy atom. The first-order chi connectivity index (χ1) is 10.4. The highest BCUT2D eigenvalue weighted by Crippen LogP contribution is 2.18. The van der Waals surface area contributed by atoms with Crippen molar-refractivity contribution in [3.63, 3.8) is 0 Å². The van der Waals surface area contributed by atoms with Gasteiger partial charge in [-0.05, 0) is 24.3 Å². The van der Waals surface area contributed by atoms with Crippen LogP contribution in [0.1, 0.15) is 0 Å². The zero-order valence-corrected chi connectivity index (χ0v) is 12.5. The molecule has 5 nitrogen and oxygen atoms in total. The summed E-state index contributed by atoms with van der Waals surface area (Å²) in [5.41, 5.74) is 0. The molecule has 22 heavy (non-hydrogen) atoms. The number of nitrogens with one attached hydrogen (secondary N) is 1. The largest absolute Gasteiger partial charge is 0.492 e. The zero-order valence-electron chi connectivity index (χ0n) is 11.7. The van der Waals surface area contributed by atoms with Gasteiger partial charge in [-0.1, -0.05) is 0 Å². The van der Waals surface area contributed by atoms with Gasteiger partial charge in [0.15, 0.2) is 21.5 Å². The van der Waals surface area contributed by atoms with Crippen molar-refractivity contribution in [1.82, 2.24) is 4.98 Å². The number of hydrogen-bond donors (Lipinski definition) is 1. The summed E-state index contributed by atoms with van der Waals surface area (Å²) >= 11 is 0. The van der Waals surface area contributed by atoms with Crippen LogP contribution in [0.15, 0.2) is 41.4 Å². The van der Waals surface area contributed by atoms with E-state index < -0.39 is 21.5 Å². The molecule has 1 aromatic heterocycles. The third-order valence-electron chi connectivity index (χ3n) is 2.72. The number of anilines is 1. The number of rotatable bonds is 6. The fourth-order valence-corrected chi connectivity index (χ4v) is 2.53. The fourth-order valence-electron chi connectivity index (χ4n) is 1.73. The van der Waals surface area contributed by atoms with Crippen LogP contribution in [0.25, 0.3) is 0 Å². The van der Waals surface area contributed by atoms with E-state index in [1.807, 2.05) is 0 Å². The summed E-state index contributed by atoms with van der Waals surface area (Å²) in [5, 5.41) is 2.83. The van der Waals surface area contributed by atoms with E-state index in [1.54, 1.807) is 0 Å². The molecule has 2 rings (SSSR count). The van der Waals surface area contributed by atoms with E-state index in [0.717, 1.165) is 18.4 Å². The van der Waals surface area contributed by atoms with Gasteiger partial charge in [0.1, 0.15) is 23.1 Å². The minimum Gasteiger partial charge on any atom is -0.492 e. The lowest BCUT2D eigenvalue weighted by Crippen LogP contribution is -2.14. The highest BCUT2D eigenvalue weighted by Gasteiger charge is 2.13. The number of benzene rings is 1. The normalized spacial score (nSPS) is 11.2. The number of aromatic nitrogens is 1. The predicted molar refractivity (Wildman–Crippen MR) is 77.7 cm³/mol. The van der Waals surface area contributed by atoms with Gasteiger partial charge in [0.25, 0.3) is 0 Å². The highest BCUT2D eigenvalue weighted by molar-refractivity contribution is 7.90. The number of sulfone groups is 1. The molecule has 8 heteroatoms. The van der Waals surface area contributed by atoms with Crippen LogP contribution in [0.3, 0.4) is 0 Å². The Balaban J connectivity index is 1.93. The maximum atomic E-state index is 13.0. The van der Waals surface area contributed by atoms with Gasteiger partial charge in [-0.3, -0.25) is 0 Å². The molecule has 0 atom stereocenters. The molecular weight excluding hydrogens is 314 g/mol. The number of pyridine rings is 1. The second-order valence-corrected chi connectivity index (χ2v) is 6.46. The molecule has 0 unspecified atom stereocenters. The molecule has 0 bridgehead atoms. The van der Waals surface area contributed by atoms with Crippen LogP contribution in [0, 0.1) is 11.6 Å². The molecule has 0 saturated heterocycles. The third-order valence-corrected chi connectivity index (χ3v) is 3.85. The van der Waals surface area contributed by atoms with Gasteiger partial charge in [-0.25, -0.2) is 22.2 Å². The summed E-state index contributed by atoms with van der Waals surface area (Å²) in [6.45, 7) is 0.378. The summed E-state index contributed by atoms with van der Waals surface area (Å²) in [5.74, 6) is -1.53. The Labute approximate surface area is 126 Å². The van der Waals surface area contributed by atoms with Gasteiger partial charge >= 0.3 is 0 Å². The topological polar surface area (TPSA) is 68.3 Å². The minimum absolute atomic E-state index is 0.0860. The standard InChI is InChI=1S/C14H14F2N2O3S/c1-22(19,20)13-3-2-6-17-14(13)18-7-8-21-10-4-5-11(15)12(16)9-10/h2-6,9H,7-8H2,1H3,(H,17,18). The predicted octanol–water partition coefficient (Wildman–Crippen LogP) is 2.25. The highest BCUT2D eigenvalue weighted by atomic mass is 32.2. The number of nitrogens with zero attached hydrogens (tertiary/aromatic N) is 1. The quantitative estimate of drug-likeness (QED) is 0.824. The third kappa shape index (κ3) is 4.14. The molecule has 0 saturated carbocycles. The molecule has 2 aromatic rings. The lowest BCUT2D eigenvalue weighted by atomic mass is 10.3. The summed E-state index contributed by atoms with van der Waals surface area (Å²) < 4.78 is 54.2. The van der Waals surface area contributed by atoms with Crippen molar-refractivity contribution in [2.24, 2.45) is 0 Å². The molecule has 1 N–H and O–H groups in total. The Morgan fingerprint density at radius 2 is 2.00 bits per heavy atom. The van der Waals surface area contributed by atoms with Gasteiger partial charge < -0.3 is 10.1 Å². The van der Waals surface area contributed by atoms with Crippen molar-refractivity contribution in [2.45, 2.75) is 4.90 Å². The van der Waals surface area contributed by atoms with Crippen molar-refractivity contribution < 1.29 is 21.9 Å². The lowest BCUT2D eigenvalue weighted by Gasteiger charge is -2.10. The van der Waals surface area contributed by atoms with Gasteiger partial charge in [-0.15, -0.1) is 0 Å². The van der Waals surface area contributed by atoms with E-state index in [9.17, 15) is 17.2 Å². The molecule has 1 aromatic carbocycles. The van der Waals surface area contributed by atoms with Crippen LogP contribution in [0.2, 0.25) is 0 Å². The van der Waals surface area contributed by atoms with Gasteiger partial charge in [-0.2, -0.15) is 0 Å². The Morgan fingerprint density at radius 1 is 1.23 bits per heavy atom. The molecule has 0 amide bonds. The van der Waals surface area contributed by atoms with Crippen LogP contribution < -0.4 is 10.1 Å². The lowest BCUT2D eigenvalue weighted by molar-refractivity contribution is 0.329. The van der Waals surface area contributed by atoms with Crippen molar-refractivity contribution >= 4 is 15.7 Å². The molecule has 0 spiro atoms. The number of halogens is 2. The van der Waals surface area contributed by atoms with Crippen molar-refractivity contribution in [2.75, 3.05) is 24.7 Å². The van der Waals surface area contributed by atoms with Crippen LogP contribution in [0.5, 0.6) is 5.75 Å². The molecule has 0 aliphatic heterocycles. The second kappa shape index (κ2) is 6.69. The zero-order chi connectivity index (χ0) is 16.2. The number of hydrogen-bond acceptors (Lipinski definition) is 5. The number of ether oxygens (including phenoxy) is 1. The van der Waals surface area contributed by atoms with Crippen LogP contribution in [-0.2, 0) is 9.84 Å². The van der Waals surface area contributed by atoms with Crippen molar-refractivity contribution in [1.29, 1.82) is 0 Å². The van der Waals surface area contributed by atoms with Gasteiger partial charge in [0.2, 0.25) is 0 Å². The monoisotopic (exact) mass is 328 g/mol. The maximum absolute atomic E-state index is 13.0. The van der Waals surface area contributed by atoms with E-state index in [1.165, 1.54) is 24.4 Å². The molecule has 0 fully saturated rings. The fraction of sp³-hybridized carbons (Fsp3) is 0.214. The summed E-state index contributed by atoms with van der Waals surface area (Å²) in [6.07, 6.45) is 2.56. The molecule has 0 aliphatic carbocycles. The van der Waals surface area contributed by atoms with E-state index >= 15 is 0 Å². The molecular formula is C14H14F2N2O3S. The Bertz CT molecular complexity index is 766. The molecule has 118 valence electrons. The maximum Gasteiger partial charge on any atom is 0.179 e. The molecule has 0 aliphatic rings.